The van der Waals surface area contributed by atoms with Gasteiger partial charge in [0.15, 0.2) is 5.78 Å². The second-order valence-corrected chi connectivity index (χ2v) is 5.21. The van der Waals surface area contributed by atoms with Crippen LogP contribution >= 0.6 is 23.4 Å². The Morgan fingerprint density at radius 3 is 2.94 bits per heavy atom. The number of ketones is 1. The number of carbonyl (C=O) groups excluding carboxylic acids is 2. The summed E-state index contributed by atoms with van der Waals surface area (Å²) in [5.41, 5.74) is 6.61. The van der Waals surface area contributed by atoms with E-state index in [-0.39, 0.29) is 11.7 Å². The number of rotatable bonds is 1. The number of benzene rings is 1. The van der Waals surface area contributed by atoms with Crippen molar-refractivity contribution < 1.29 is 9.59 Å². The molecule has 0 fully saturated rings. The average Bonchev–Trinajstić information content (AvgIpc) is 2.26. The molecule has 0 radical (unpaired) electrons. The molecular weight excluding hydrogens is 260 g/mol. The van der Waals surface area contributed by atoms with E-state index in [1.54, 1.807) is 12.1 Å². The summed E-state index contributed by atoms with van der Waals surface area (Å²) in [5, 5.41) is 3.13. The summed E-state index contributed by atoms with van der Waals surface area (Å²) < 4.78 is 0. The topological polar surface area (TPSA) is 72.2 Å². The van der Waals surface area contributed by atoms with Crippen molar-refractivity contribution in [3.8, 4) is 0 Å². The SMILES string of the molecule is CC(=O)NC1CSc2c(Cl)ccc(N)c2C1=O. The average molecular weight is 271 g/mol. The van der Waals surface area contributed by atoms with E-state index in [1.807, 2.05) is 0 Å². The molecule has 1 heterocycles. The lowest BCUT2D eigenvalue weighted by Crippen LogP contribution is -2.43. The predicted octanol–water partition coefficient (Wildman–Crippen LogP) is 1.72. The Balaban J connectivity index is 2.41. The standard InChI is InChI=1S/C11H11ClN2O2S/c1-5(15)14-8-4-17-11-6(12)2-3-7(13)9(11)10(8)16/h2-3,8H,4,13H2,1H3,(H,14,15). The third kappa shape index (κ3) is 2.25. The first-order valence-electron chi connectivity index (χ1n) is 5.02. The van der Waals surface area contributed by atoms with E-state index in [1.165, 1.54) is 18.7 Å². The molecule has 0 bridgehead atoms. The van der Waals surface area contributed by atoms with Gasteiger partial charge in [-0.15, -0.1) is 11.8 Å². The molecule has 1 aromatic carbocycles. The van der Waals surface area contributed by atoms with Crippen LogP contribution in [-0.2, 0) is 4.79 Å². The molecular formula is C11H11ClN2O2S. The third-order valence-electron chi connectivity index (χ3n) is 2.48. The number of nitrogens with two attached hydrogens (primary N) is 1. The summed E-state index contributed by atoms with van der Waals surface area (Å²) in [6, 6.07) is 2.76. The van der Waals surface area contributed by atoms with Gasteiger partial charge in [0, 0.05) is 23.3 Å². The van der Waals surface area contributed by atoms with Crippen molar-refractivity contribution in [3.05, 3.63) is 22.7 Å². The molecule has 0 spiro atoms. The van der Waals surface area contributed by atoms with Gasteiger partial charge in [0.1, 0.15) is 6.04 Å². The number of nitrogens with one attached hydrogen (secondary N) is 1. The molecule has 0 aliphatic carbocycles. The summed E-state index contributed by atoms with van der Waals surface area (Å²) in [6.45, 7) is 1.38. The van der Waals surface area contributed by atoms with Crippen LogP contribution in [0.2, 0.25) is 5.02 Å². The number of hydrogen-bond donors (Lipinski definition) is 2. The summed E-state index contributed by atoms with van der Waals surface area (Å²) in [4.78, 5) is 23.9. The van der Waals surface area contributed by atoms with Gasteiger partial charge in [-0.25, -0.2) is 0 Å². The lowest BCUT2D eigenvalue weighted by atomic mass is 10.0. The number of amides is 1. The molecule has 1 aliphatic rings. The van der Waals surface area contributed by atoms with Crippen molar-refractivity contribution in [2.45, 2.75) is 17.9 Å². The first kappa shape index (κ1) is 12.3. The van der Waals surface area contributed by atoms with E-state index in [0.717, 1.165) is 0 Å². The number of carbonyl (C=O) groups is 2. The maximum absolute atomic E-state index is 12.2. The molecule has 1 atom stereocenters. The Morgan fingerprint density at radius 1 is 1.59 bits per heavy atom. The predicted molar refractivity (Wildman–Crippen MR) is 68.5 cm³/mol. The van der Waals surface area contributed by atoms with E-state index < -0.39 is 6.04 Å². The largest absolute Gasteiger partial charge is 0.398 e. The van der Waals surface area contributed by atoms with Crippen LogP contribution in [0, 0.1) is 0 Å². The number of halogens is 1. The molecule has 1 unspecified atom stereocenters. The van der Waals surface area contributed by atoms with Crippen LogP contribution in [0.1, 0.15) is 17.3 Å². The van der Waals surface area contributed by atoms with Gasteiger partial charge in [0.25, 0.3) is 0 Å². The minimum absolute atomic E-state index is 0.172. The van der Waals surface area contributed by atoms with Crippen LogP contribution in [-0.4, -0.2) is 23.5 Å². The maximum Gasteiger partial charge on any atom is 0.217 e. The van der Waals surface area contributed by atoms with Crippen LogP contribution in [0.5, 0.6) is 0 Å². The first-order valence-corrected chi connectivity index (χ1v) is 6.39. The Morgan fingerprint density at radius 2 is 2.29 bits per heavy atom. The van der Waals surface area contributed by atoms with Gasteiger partial charge in [0.2, 0.25) is 5.91 Å². The van der Waals surface area contributed by atoms with Gasteiger partial charge >= 0.3 is 0 Å². The first-order chi connectivity index (χ1) is 8.00. The van der Waals surface area contributed by atoms with E-state index >= 15 is 0 Å². The van der Waals surface area contributed by atoms with E-state index in [9.17, 15) is 9.59 Å². The second-order valence-electron chi connectivity index (χ2n) is 3.77. The highest BCUT2D eigenvalue weighted by Crippen LogP contribution is 2.38. The summed E-state index contributed by atoms with van der Waals surface area (Å²) in [5.74, 6) is 0.0798. The zero-order valence-corrected chi connectivity index (χ0v) is 10.7. The fourth-order valence-corrected chi connectivity index (χ4v) is 3.19. The van der Waals surface area contributed by atoms with Crippen molar-refractivity contribution in [1.82, 2.24) is 5.32 Å². The molecule has 0 aromatic heterocycles. The molecule has 1 aromatic rings. The third-order valence-corrected chi connectivity index (χ3v) is 4.12. The molecule has 2 rings (SSSR count). The number of Topliss-reactive ketones (excluding diaryl/α,β-unsaturated/α-hetero) is 1. The van der Waals surface area contributed by atoms with Crippen molar-refractivity contribution in [2.75, 3.05) is 11.5 Å². The highest BCUT2D eigenvalue weighted by atomic mass is 35.5. The van der Waals surface area contributed by atoms with Gasteiger partial charge in [0.05, 0.1) is 10.6 Å². The van der Waals surface area contributed by atoms with E-state index in [4.69, 9.17) is 17.3 Å². The van der Waals surface area contributed by atoms with Crippen LogP contribution in [0.3, 0.4) is 0 Å². The van der Waals surface area contributed by atoms with Gasteiger partial charge in [-0.3, -0.25) is 9.59 Å². The molecule has 90 valence electrons. The minimum Gasteiger partial charge on any atom is -0.398 e. The molecule has 17 heavy (non-hydrogen) atoms. The number of anilines is 1. The van der Waals surface area contributed by atoms with Crippen LogP contribution in [0.25, 0.3) is 0 Å². The van der Waals surface area contributed by atoms with Gasteiger partial charge in [-0.2, -0.15) is 0 Å². The quantitative estimate of drug-likeness (QED) is 0.762. The molecule has 0 saturated heterocycles. The second kappa shape index (κ2) is 4.58. The summed E-state index contributed by atoms with van der Waals surface area (Å²) in [6.07, 6.45) is 0. The van der Waals surface area contributed by atoms with Crippen molar-refractivity contribution in [2.24, 2.45) is 0 Å². The Hall–Kier alpha value is -1.20. The zero-order valence-electron chi connectivity index (χ0n) is 9.12. The smallest absolute Gasteiger partial charge is 0.217 e. The van der Waals surface area contributed by atoms with Gasteiger partial charge < -0.3 is 11.1 Å². The van der Waals surface area contributed by atoms with Gasteiger partial charge in [-0.1, -0.05) is 11.6 Å². The molecule has 1 aliphatic heterocycles. The Kier molecular flexibility index (Phi) is 3.31. The highest BCUT2D eigenvalue weighted by Gasteiger charge is 2.31. The number of nitrogen functional groups attached to an aromatic ring is 1. The minimum atomic E-state index is -0.522. The molecule has 6 heteroatoms. The normalized spacial score (nSPS) is 18.7. The lowest BCUT2D eigenvalue weighted by Gasteiger charge is -2.24. The molecule has 3 N–H and O–H groups in total. The zero-order chi connectivity index (χ0) is 12.6. The van der Waals surface area contributed by atoms with Crippen molar-refractivity contribution in [3.63, 3.8) is 0 Å². The fraction of sp³-hybridized carbons (Fsp3) is 0.273. The van der Waals surface area contributed by atoms with Crippen molar-refractivity contribution >= 4 is 40.7 Å². The number of fused-ring (bicyclic) bond motifs is 1. The monoisotopic (exact) mass is 270 g/mol. The molecule has 0 saturated carbocycles. The number of hydrogen-bond acceptors (Lipinski definition) is 4. The molecule has 1 amide bonds. The Labute approximate surface area is 108 Å². The van der Waals surface area contributed by atoms with Gasteiger partial charge in [-0.05, 0) is 12.1 Å². The Bertz CT molecular complexity index is 504. The highest BCUT2D eigenvalue weighted by molar-refractivity contribution is 7.99. The van der Waals surface area contributed by atoms with Crippen LogP contribution < -0.4 is 11.1 Å². The number of thioether (sulfide) groups is 1. The molecule has 4 nitrogen and oxygen atoms in total. The lowest BCUT2D eigenvalue weighted by molar-refractivity contribution is -0.119. The summed E-state index contributed by atoms with van der Waals surface area (Å²) >= 11 is 7.45. The fourth-order valence-electron chi connectivity index (χ4n) is 1.74. The van der Waals surface area contributed by atoms with E-state index in [0.29, 0.717) is 26.9 Å². The maximum atomic E-state index is 12.2. The van der Waals surface area contributed by atoms with Crippen LogP contribution in [0.4, 0.5) is 5.69 Å². The van der Waals surface area contributed by atoms with Crippen molar-refractivity contribution in [1.29, 1.82) is 0 Å². The summed E-state index contributed by atoms with van der Waals surface area (Å²) in [7, 11) is 0. The van der Waals surface area contributed by atoms with Crippen LogP contribution in [0.15, 0.2) is 17.0 Å². The van der Waals surface area contributed by atoms with E-state index in [2.05, 4.69) is 5.32 Å².